The Kier molecular flexibility index (Phi) is 4.32. The fraction of sp³-hybridized carbons (Fsp3) is 0.684. The summed E-state index contributed by atoms with van der Waals surface area (Å²) in [5.41, 5.74) is 10.6. The van der Waals surface area contributed by atoms with Crippen LogP contribution in [0, 0.1) is 0 Å². The maximum absolute atomic E-state index is 9.75. The van der Waals surface area contributed by atoms with Gasteiger partial charge in [0.2, 0.25) is 0 Å². The monoisotopic (exact) mass is 302 g/mol. The summed E-state index contributed by atoms with van der Waals surface area (Å²) in [4.78, 5) is 2.59. The summed E-state index contributed by atoms with van der Waals surface area (Å²) in [5.74, 6) is 0. The lowest BCUT2D eigenvalue weighted by Gasteiger charge is -2.36. The zero-order valence-corrected chi connectivity index (χ0v) is 14.2. The molecule has 1 aliphatic heterocycles. The van der Waals surface area contributed by atoms with E-state index in [1.54, 1.807) is 0 Å². The number of fused-ring (bicyclic) bond motifs is 1. The lowest BCUT2D eigenvalue weighted by Crippen LogP contribution is -2.40. The second-order valence-corrected chi connectivity index (χ2v) is 8.05. The molecule has 1 aromatic rings. The highest BCUT2D eigenvalue weighted by atomic mass is 16.3. The van der Waals surface area contributed by atoms with Gasteiger partial charge in [-0.05, 0) is 47.8 Å². The molecule has 1 atom stereocenters. The molecule has 0 bridgehead atoms. The van der Waals surface area contributed by atoms with E-state index < -0.39 is 0 Å². The quantitative estimate of drug-likeness (QED) is 0.882. The first-order chi connectivity index (χ1) is 10.4. The van der Waals surface area contributed by atoms with Gasteiger partial charge in [0, 0.05) is 25.2 Å². The standard InChI is InChI=1S/C19H30N2O/c1-19(2,3)14-5-4-13-12-21(18(11-20)17(13)10-14)15-6-8-16(22)9-7-15/h4-5,10,15-16,18,22H,6-9,11-12,20H2,1-3H3. The Labute approximate surface area is 134 Å². The summed E-state index contributed by atoms with van der Waals surface area (Å²) in [7, 11) is 0. The van der Waals surface area contributed by atoms with Gasteiger partial charge < -0.3 is 10.8 Å². The van der Waals surface area contributed by atoms with Gasteiger partial charge in [0.25, 0.3) is 0 Å². The zero-order valence-electron chi connectivity index (χ0n) is 14.2. The number of aliphatic hydroxyl groups is 1. The molecule has 0 amide bonds. The number of hydrogen-bond acceptors (Lipinski definition) is 3. The van der Waals surface area contributed by atoms with Crippen LogP contribution < -0.4 is 5.73 Å². The third-order valence-corrected chi connectivity index (χ3v) is 5.48. The fourth-order valence-corrected chi connectivity index (χ4v) is 4.04. The van der Waals surface area contributed by atoms with Crippen molar-refractivity contribution >= 4 is 0 Å². The van der Waals surface area contributed by atoms with Gasteiger partial charge in [-0.25, -0.2) is 0 Å². The largest absolute Gasteiger partial charge is 0.393 e. The van der Waals surface area contributed by atoms with Crippen LogP contribution in [0.2, 0.25) is 0 Å². The number of nitrogens with zero attached hydrogens (tertiary/aromatic N) is 1. The normalized spacial score (nSPS) is 29.6. The minimum atomic E-state index is -0.0925. The van der Waals surface area contributed by atoms with Crippen molar-refractivity contribution in [2.24, 2.45) is 5.73 Å². The van der Waals surface area contributed by atoms with E-state index >= 15 is 0 Å². The molecule has 22 heavy (non-hydrogen) atoms. The van der Waals surface area contributed by atoms with Crippen molar-refractivity contribution in [3.8, 4) is 0 Å². The number of benzene rings is 1. The number of aliphatic hydroxyl groups excluding tert-OH is 1. The van der Waals surface area contributed by atoms with E-state index in [0.29, 0.717) is 18.6 Å². The molecular weight excluding hydrogens is 272 g/mol. The van der Waals surface area contributed by atoms with Gasteiger partial charge in [-0.3, -0.25) is 4.90 Å². The van der Waals surface area contributed by atoms with Gasteiger partial charge in [-0.2, -0.15) is 0 Å². The number of nitrogens with two attached hydrogens (primary N) is 1. The maximum Gasteiger partial charge on any atom is 0.0541 e. The molecule has 3 heteroatoms. The first-order valence-electron chi connectivity index (χ1n) is 8.67. The molecule has 1 aliphatic carbocycles. The van der Waals surface area contributed by atoms with Crippen LogP contribution in [0.1, 0.15) is 69.2 Å². The van der Waals surface area contributed by atoms with Crippen molar-refractivity contribution in [3.63, 3.8) is 0 Å². The molecule has 0 radical (unpaired) electrons. The molecule has 1 heterocycles. The van der Waals surface area contributed by atoms with Crippen LogP contribution in [0.4, 0.5) is 0 Å². The van der Waals surface area contributed by atoms with Crippen LogP contribution in [0.3, 0.4) is 0 Å². The third kappa shape index (κ3) is 2.94. The molecule has 2 aliphatic rings. The van der Waals surface area contributed by atoms with Crippen LogP contribution in [0.25, 0.3) is 0 Å². The van der Waals surface area contributed by atoms with Crippen molar-refractivity contribution in [1.29, 1.82) is 0 Å². The molecule has 3 rings (SSSR count). The average Bonchev–Trinajstić information content (AvgIpc) is 2.84. The Morgan fingerprint density at radius 3 is 2.45 bits per heavy atom. The molecule has 122 valence electrons. The summed E-state index contributed by atoms with van der Waals surface area (Å²) in [6.45, 7) is 8.49. The first kappa shape index (κ1) is 16.0. The molecule has 1 aromatic carbocycles. The predicted octanol–water partition coefficient (Wildman–Crippen LogP) is 3.10. The SMILES string of the molecule is CC(C)(C)c1ccc2c(c1)C(CN)N(C1CCC(O)CC1)C2. The highest BCUT2D eigenvalue weighted by molar-refractivity contribution is 5.40. The van der Waals surface area contributed by atoms with E-state index in [0.717, 1.165) is 32.2 Å². The Morgan fingerprint density at radius 2 is 1.86 bits per heavy atom. The summed E-state index contributed by atoms with van der Waals surface area (Å²) in [5, 5.41) is 9.75. The van der Waals surface area contributed by atoms with Crippen LogP contribution >= 0.6 is 0 Å². The van der Waals surface area contributed by atoms with Crippen molar-refractivity contribution in [2.45, 2.75) is 76.6 Å². The minimum absolute atomic E-state index is 0.0925. The molecular formula is C19H30N2O. The van der Waals surface area contributed by atoms with Crippen molar-refractivity contribution in [2.75, 3.05) is 6.54 Å². The Hall–Kier alpha value is -0.900. The molecule has 0 spiro atoms. The molecule has 3 N–H and O–H groups in total. The first-order valence-corrected chi connectivity index (χ1v) is 8.67. The third-order valence-electron chi connectivity index (χ3n) is 5.48. The Morgan fingerprint density at radius 1 is 1.18 bits per heavy atom. The van der Waals surface area contributed by atoms with E-state index in [-0.39, 0.29) is 11.5 Å². The van der Waals surface area contributed by atoms with E-state index in [2.05, 4.69) is 43.9 Å². The van der Waals surface area contributed by atoms with Gasteiger partial charge in [-0.1, -0.05) is 39.0 Å². The Bertz CT molecular complexity index is 527. The van der Waals surface area contributed by atoms with E-state index in [9.17, 15) is 5.11 Å². The van der Waals surface area contributed by atoms with Crippen LogP contribution in [0.15, 0.2) is 18.2 Å². The predicted molar refractivity (Wildman–Crippen MR) is 90.7 cm³/mol. The molecule has 1 fully saturated rings. The van der Waals surface area contributed by atoms with E-state index in [1.165, 1.54) is 16.7 Å². The van der Waals surface area contributed by atoms with E-state index in [4.69, 9.17) is 5.73 Å². The lowest BCUT2D eigenvalue weighted by atomic mass is 9.84. The van der Waals surface area contributed by atoms with Crippen LogP contribution in [-0.4, -0.2) is 28.7 Å². The zero-order chi connectivity index (χ0) is 15.9. The second-order valence-electron chi connectivity index (χ2n) is 8.05. The van der Waals surface area contributed by atoms with Crippen molar-refractivity contribution in [1.82, 2.24) is 4.90 Å². The molecule has 0 saturated heterocycles. The van der Waals surface area contributed by atoms with Crippen molar-refractivity contribution < 1.29 is 5.11 Å². The Balaban J connectivity index is 1.85. The van der Waals surface area contributed by atoms with Crippen LogP contribution in [-0.2, 0) is 12.0 Å². The maximum atomic E-state index is 9.75. The average molecular weight is 302 g/mol. The molecule has 1 saturated carbocycles. The second kappa shape index (κ2) is 5.95. The fourth-order valence-electron chi connectivity index (χ4n) is 4.04. The summed E-state index contributed by atoms with van der Waals surface area (Å²) in [6, 6.07) is 7.88. The van der Waals surface area contributed by atoms with Gasteiger partial charge in [0.05, 0.1) is 6.10 Å². The highest BCUT2D eigenvalue weighted by Crippen LogP contribution is 2.40. The van der Waals surface area contributed by atoms with Crippen molar-refractivity contribution in [3.05, 3.63) is 34.9 Å². The number of rotatable bonds is 2. The summed E-state index contributed by atoms with van der Waals surface area (Å²) >= 11 is 0. The van der Waals surface area contributed by atoms with Gasteiger partial charge >= 0.3 is 0 Å². The minimum Gasteiger partial charge on any atom is -0.393 e. The summed E-state index contributed by atoms with van der Waals surface area (Å²) < 4.78 is 0. The molecule has 1 unspecified atom stereocenters. The summed E-state index contributed by atoms with van der Waals surface area (Å²) in [6.07, 6.45) is 3.96. The molecule has 0 aromatic heterocycles. The van der Waals surface area contributed by atoms with E-state index in [1.807, 2.05) is 0 Å². The molecule has 3 nitrogen and oxygen atoms in total. The van der Waals surface area contributed by atoms with Gasteiger partial charge in [-0.15, -0.1) is 0 Å². The smallest absolute Gasteiger partial charge is 0.0541 e. The van der Waals surface area contributed by atoms with Gasteiger partial charge in [0.1, 0.15) is 0 Å². The topological polar surface area (TPSA) is 49.5 Å². The van der Waals surface area contributed by atoms with Crippen LogP contribution in [0.5, 0.6) is 0 Å². The lowest BCUT2D eigenvalue weighted by molar-refractivity contribution is 0.0571. The van der Waals surface area contributed by atoms with Gasteiger partial charge in [0.15, 0.2) is 0 Å². The number of hydrogen-bond donors (Lipinski definition) is 2. The highest BCUT2D eigenvalue weighted by Gasteiger charge is 2.36.